The Hall–Kier alpha value is -0.970. The number of nitrogens with zero attached hydrogens (tertiary/aromatic N) is 2. The third-order valence-electron chi connectivity index (χ3n) is 3.06. The van der Waals surface area contributed by atoms with Crippen LogP contribution in [0, 0.1) is 5.41 Å². The van der Waals surface area contributed by atoms with Gasteiger partial charge in [0.2, 0.25) is 0 Å². The highest BCUT2D eigenvalue weighted by Crippen LogP contribution is 2.36. The maximum absolute atomic E-state index is 10.8. The molecule has 114 valence electrons. The monoisotopic (exact) mass is 298 g/mol. The van der Waals surface area contributed by atoms with Crippen molar-refractivity contribution in [3.05, 3.63) is 11.9 Å². The second kappa shape index (κ2) is 6.20. The Balaban J connectivity index is 3.12. The molecule has 1 N–H and O–H groups in total. The Labute approximate surface area is 126 Å². The van der Waals surface area contributed by atoms with E-state index in [9.17, 15) is 4.79 Å². The third-order valence-corrected chi connectivity index (χ3v) is 4.00. The number of hydrogen-bond acceptors (Lipinski definition) is 3. The number of imidazole rings is 1. The van der Waals surface area contributed by atoms with Crippen LogP contribution in [-0.2, 0) is 16.8 Å². The summed E-state index contributed by atoms with van der Waals surface area (Å²) in [7, 11) is 0. The fraction of sp³-hybridized carbons (Fsp3) is 0.733. The number of aromatic nitrogens is 2. The summed E-state index contributed by atoms with van der Waals surface area (Å²) in [5, 5.41) is 9.67. The summed E-state index contributed by atoms with van der Waals surface area (Å²) in [6.45, 7) is 13.2. The summed E-state index contributed by atoms with van der Waals surface area (Å²) in [6, 6.07) is 0. The van der Waals surface area contributed by atoms with Crippen LogP contribution in [0.5, 0.6) is 0 Å². The van der Waals surface area contributed by atoms with Gasteiger partial charge in [-0.15, -0.1) is 0 Å². The van der Waals surface area contributed by atoms with Crippen molar-refractivity contribution < 1.29 is 9.90 Å². The van der Waals surface area contributed by atoms with Crippen molar-refractivity contribution in [2.75, 3.05) is 5.75 Å². The first-order valence-corrected chi connectivity index (χ1v) is 7.97. The molecular formula is C15H26N2O2S. The highest BCUT2D eigenvalue weighted by atomic mass is 32.2. The number of thioether (sulfide) groups is 1. The SMILES string of the molecule is CCc1cnc(SCC(=O)O)n1C(C)(C)CC(C)(C)C. The molecule has 1 aromatic heterocycles. The first-order chi connectivity index (χ1) is 9.07. The Morgan fingerprint density at radius 2 is 1.95 bits per heavy atom. The average Bonchev–Trinajstić information content (AvgIpc) is 2.66. The molecule has 0 fully saturated rings. The molecule has 0 bridgehead atoms. The minimum Gasteiger partial charge on any atom is -0.481 e. The first kappa shape index (κ1) is 17.1. The summed E-state index contributed by atoms with van der Waals surface area (Å²) in [4.78, 5) is 15.2. The highest BCUT2D eigenvalue weighted by Gasteiger charge is 2.30. The lowest BCUT2D eigenvalue weighted by Crippen LogP contribution is -2.33. The first-order valence-electron chi connectivity index (χ1n) is 6.98. The van der Waals surface area contributed by atoms with Gasteiger partial charge in [0.05, 0.1) is 5.75 Å². The van der Waals surface area contributed by atoms with E-state index in [1.807, 2.05) is 6.20 Å². The van der Waals surface area contributed by atoms with E-state index in [0.29, 0.717) is 0 Å². The summed E-state index contributed by atoms with van der Waals surface area (Å²) < 4.78 is 2.21. The molecule has 5 heteroatoms. The zero-order chi connectivity index (χ0) is 15.6. The average molecular weight is 298 g/mol. The van der Waals surface area contributed by atoms with Gasteiger partial charge in [-0.3, -0.25) is 4.79 Å². The van der Waals surface area contributed by atoms with Crippen molar-refractivity contribution in [1.29, 1.82) is 0 Å². The summed E-state index contributed by atoms with van der Waals surface area (Å²) in [5.41, 5.74) is 1.28. The topological polar surface area (TPSA) is 55.1 Å². The Bertz CT molecular complexity index is 473. The molecule has 0 aromatic carbocycles. The highest BCUT2D eigenvalue weighted by molar-refractivity contribution is 7.99. The van der Waals surface area contributed by atoms with Crippen LogP contribution < -0.4 is 0 Å². The molecule has 1 rings (SSSR count). The van der Waals surface area contributed by atoms with Crippen LogP contribution in [0.15, 0.2) is 11.4 Å². The van der Waals surface area contributed by atoms with Gasteiger partial charge in [0, 0.05) is 17.4 Å². The van der Waals surface area contributed by atoms with Crippen LogP contribution in [0.1, 0.15) is 53.7 Å². The number of aryl methyl sites for hydroxylation is 1. The number of carboxylic acid groups (broad SMARTS) is 1. The molecule has 20 heavy (non-hydrogen) atoms. The fourth-order valence-electron chi connectivity index (χ4n) is 2.87. The van der Waals surface area contributed by atoms with Crippen LogP contribution in [0.3, 0.4) is 0 Å². The van der Waals surface area contributed by atoms with Crippen LogP contribution >= 0.6 is 11.8 Å². The maximum atomic E-state index is 10.8. The largest absolute Gasteiger partial charge is 0.481 e. The second-order valence-corrected chi connectivity index (χ2v) is 7.90. The molecule has 4 nitrogen and oxygen atoms in total. The Kier molecular flexibility index (Phi) is 5.30. The van der Waals surface area contributed by atoms with Crippen LogP contribution in [0.4, 0.5) is 0 Å². The van der Waals surface area contributed by atoms with E-state index < -0.39 is 5.97 Å². The number of rotatable bonds is 6. The number of carbonyl (C=O) groups is 1. The second-order valence-electron chi connectivity index (χ2n) is 6.95. The zero-order valence-corrected chi connectivity index (χ0v) is 14.2. The number of aliphatic carboxylic acids is 1. The van der Waals surface area contributed by atoms with Crippen molar-refractivity contribution in [3.63, 3.8) is 0 Å². The van der Waals surface area contributed by atoms with E-state index in [-0.39, 0.29) is 16.7 Å². The van der Waals surface area contributed by atoms with Crippen LogP contribution in [0.25, 0.3) is 0 Å². The van der Waals surface area contributed by atoms with E-state index in [0.717, 1.165) is 23.7 Å². The van der Waals surface area contributed by atoms with Crippen LogP contribution in [0.2, 0.25) is 0 Å². The van der Waals surface area contributed by atoms with E-state index in [4.69, 9.17) is 5.11 Å². The normalized spacial score (nSPS) is 12.7. The molecular weight excluding hydrogens is 272 g/mol. The van der Waals surface area contributed by atoms with Crippen LogP contribution in [-0.4, -0.2) is 26.4 Å². The molecule has 0 atom stereocenters. The van der Waals surface area contributed by atoms with Gasteiger partial charge in [-0.05, 0) is 32.1 Å². The molecule has 0 aliphatic rings. The smallest absolute Gasteiger partial charge is 0.313 e. The van der Waals surface area contributed by atoms with Crippen molar-refractivity contribution >= 4 is 17.7 Å². The van der Waals surface area contributed by atoms with E-state index in [1.165, 1.54) is 11.8 Å². The van der Waals surface area contributed by atoms with Crippen molar-refractivity contribution in [3.8, 4) is 0 Å². The molecule has 0 spiro atoms. The van der Waals surface area contributed by atoms with Gasteiger partial charge in [-0.25, -0.2) is 4.98 Å². The molecule has 0 saturated carbocycles. The number of hydrogen-bond donors (Lipinski definition) is 1. The minimum atomic E-state index is -0.809. The fourth-order valence-corrected chi connectivity index (χ4v) is 3.74. The molecule has 0 aliphatic heterocycles. The van der Waals surface area contributed by atoms with Gasteiger partial charge in [-0.1, -0.05) is 39.5 Å². The van der Waals surface area contributed by atoms with Gasteiger partial charge in [0.1, 0.15) is 0 Å². The lowest BCUT2D eigenvalue weighted by atomic mass is 9.81. The number of carboxylic acids is 1. The lowest BCUT2D eigenvalue weighted by molar-refractivity contribution is -0.133. The van der Waals surface area contributed by atoms with Gasteiger partial charge < -0.3 is 9.67 Å². The predicted octanol–water partition coefficient (Wildman–Crippen LogP) is 3.79. The molecule has 0 radical (unpaired) electrons. The van der Waals surface area contributed by atoms with E-state index in [2.05, 4.69) is 51.1 Å². The zero-order valence-electron chi connectivity index (χ0n) is 13.4. The third kappa shape index (κ3) is 4.54. The predicted molar refractivity (Wildman–Crippen MR) is 83.4 cm³/mol. The van der Waals surface area contributed by atoms with E-state index >= 15 is 0 Å². The van der Waals surface area contributed by atoms with E-state index in [1.54, 1.807) is 0 Å². The van der Waals surface area contributed by atoms with Gasteiger partial charge in [0.15, 0.2) is 5.16 Å². The molecule has 0 amide bonds. The molecule has 0 saturated heterocycles. The van der Waals surface area contributed by atoms with Gasteiger partial charge in [-0.2, -0.15) is 0 Å². The quantitative estimate of drug-likeness (QED) is 0.812. The summed E-state index contributed by atoms with van der Waals surface area (Å²) >= 11 is 1.30. The van der Waals surface area contributed by atoms with Crippen molar-refractivity contribution in [2.45, 2.75) is 65.1 Å². The molecule has 1 aromatic rings. The van der Waals surface area contributed by atoms with Gasteiger partial charge >= 0.3 is 5.97 Å². The molecule has 0 aliphatic carbocycles. The molecule has 1 heterocycles. The van der Waals surface area contributed by atoms with Crippen molar-refractivity contribution in [1.82, 2.24) is 9.55 Å². The minimum absolute atomic E-state index is 0.0474. The Morgan fingerprint density at radius 3 is 2.40 bits per heavy atom. The lowest BCUT2D eigenvalue weighted by Gasteiger charge is -2.36. The van der Waals surface area contributed by atoms with Crippen molar-refractivity contribution in [2.24, 2.45) is 5.41 Å². The maximum Gasteiger partial charge on any atom is 0.313 e. The standard InChI is InChI=1S/C15H26N2O2S/c1-7-11-8-16-13(20-9-12(18)19)17(11)15(5,6)10-14(2,3)4/h8H,7,9-10H2,1-6H3,(H,18,19). The Morgan fingerprint density at radius 1 is 1.35 bits per heavy atom. The van der Waals surface area contributed by atoms with Gasteiger partial charge in [0.25, 0.3) is 0 Å². The molecule has 0 unspecified atom stereocenters. The summed E-state index contributed by atoms with van der Waals surface area (Å²) in [6.07, 6.45) is 3.77. The summed E-state index contributed by atoms with van der Waals surface area (Å²) in [5.74, 6) is -0.762.